The molecule has 0 saturated carbocycles. The average molecular weight is 334 g/mol. The monoisotopic (exact) mass is 333 g/mol. The van der Waals surface area contributed by atoms with Crippen molar-refractivity contribution < 1.29 is 9.18 Å². The molecule has 0 radical (unpaired) electrons. The van der Waals surface area contributed by atoms with Gasteiger partial charge < -0.3 is 5.32 Å². The van der Waals surface area contributed by atoms with Crippen molar-refractivity contribution in [2.24, 2.45) is 4.99 Å². The number of benzene rings is 2. The highest BCUT2D eigenvalue weighted by molar-refractivity contribution is 6.05. The highest BCUT2D eigenvalue weighted by Gasteiger charge is 2.23. The smallest absolute Gasteiger partial charge is 0.231 e. The molecule has 3 rings (SSSR count). The average Bonchev–Trinajstić information content (AvgIpc) is 2.54. The van der Waals surface area contributed by atoms with Crippen LogP contribution in [0, 0.1) is 5.82 Å². The zero-order chi connectivity index (χ0) is 15.4. The van der Waals surface area contributed by atoms with Crippen LogP contribution in [0.5, 0.6) is 0 Å². The van der Waals surface area contributed by atoms with E-state index in [1.54, 1.807) is 17.0 Å². The number of nitrogens with zero attached hydrogens (tertiary/aromatic N) is 2. The maximum absolute atomic E-state index is 13.0. The number of nitrogens with one attached hydrogen (secondary N) is 1. The first-order valence-corrected chi connectivity index (χ1v) is 7.14. The van der Waals surface area contributed by atoms with E-state index < -0.39 is 0 Å². The van der Waals surface area contributed by atoms with Gasteiger partial charge in [0.15, 0.2) is 0 Å². The predicted molar refractivity (Wildman–Crippen MR) is 91.2 cm³/mol. The Morgan fingerprint density at radius 1 is 1.09 bits per heavy atom. The Bertz CT molecular complexity index is 689. The zero-order valence-electron chi connectivity index (χ0n) is 12.4. The SMILES string of the molecule is Cl.O=C1CCN=C(Nc2ccc(F)cc2)N1Cc1ccccc1. The van der Waals surface area contributed by atoms with Crippen molar-refractivity contribution in [1.29, 1.82) is 0 Å². The number of carbonyl (C=O) groups is 1. The minimum atomic E-state index is -0.298. The van der Waals surface area contributed by atoms with Crippen LogP contribution in [-0.2, 0) is 11.3 Å². The zero-order valence-corrected chi connectivity index (χ0v) is 13.2. The molecule has 0 fully saturated rings. The third kappa shape index (κ3) is 4.29. The summed E-state index contributed by atoms with van der Waals surface area (Å²) in [4.78, 5) is 18.2. The molecule has 1 aliphatic heterocycles. The first-order chi connectivity index (χ1) is 10.7. The van der Waals surface area contributed by atoms with Gasteiger partial charge in [0, 0.05) is 12.1 Å². The molecule has 1 N–H and O–H groups in total. The van der Waals surface area contributed by atoms with E-state index in [-0.39, 0.29) is 24.1 Å². The summed E-state index contributed by atoms with van der Waals surface area (Å²) in [6, 6.07) is 15.7. The molecule has 0 aromatic heterocycles. The Morgan fingerprint density at radius 2 is 1.78 bits per heavy atom. The molecule has 0 unspecified atom stereocenters. The molecule has 4 nitrogen and oxygen atoms in total. The van der Waals surface area contributed by atoms with Crippen LogP contribution in [0.25, 0.3) is 0 Å². The van der Waals surface area contributed by atoms with E-state index in [0.717, 1.165) is 5.56 Å². The molecule has 0 saturated heterocycles. The fourth-order valence-corrected chi connectivity index (χ4v) is 2.29. The van der Waals surface area contributed by atoms with E-state index in [1.165, 1.54) is 12.1 Å². The fourth-order valence-electron chi connectivity index (χ4n) is 2.29. The first-order valence-electron chi connectivity index (χ1n) is 7.14. The molecule has 1 aliphatic rings. The number of guanidine groups is 1. The maximum Gasteiger partial charge on any atom is 0.231 e. The van der Waals surface area contributed by atoms with Crippen molar-refractivity contribution in [2.45, 2.75) is 13.0 Å². The van der Waals surface area contributed by atoms with Gasteiger partial charge in [0.25, 0.3) is 0 Å². The molecule has 0 bridgehead atoms. The Labute approximate surface area is 140 Å². The van der Waals surface area contributed by atoms with Crippen molar-refractivity contribution in [3.63, 3.8) is 0 Å². The minimum Gasteiger partial charge on any atom is -0.326 e. The van der Waals surface area contributed by atoms with Gasteiger partial charge in [-0.3, -0.25) is 14.7 Å². The molecule has 0 spiro atoms. The maximum atomic E-state index is 13.0. The number of hydrogen-bond acceptors (Lipinski definition) is 3. The third-order valence-electron chi connectivity index (χ3n) is 3.43. The number of carbonyl (C=O) groups excluding carboxylic acids is 1. The van der Waals surface area contributed by atoms with Crippen LogP contribution in [0.4, 0.5) is 10.1 Å². The van der Waals surface area contributed by atoms with Gasteiger partial charge in [-0.15, -0.1) is 12.4 Å². The summed E-state index contributed by atoms with van der Waals surface area (Å²) in [5, 5.41) is 3.10. The topological polar surface area (TPSA) is 44.7 Å². The van der Waals surface area contributed by atoms with E-state index in [0.29, 0.717) is 31.2 Å². The Morgan fingerprint density at radius 3 is 2.48 bits per heavy atom. The van der Waals surface area contributed by atoms with Gasteiger partial charge in [-0.2, -0.15) is 0 Å². The first kappa shape index (κ1) is 17.0. The minimum absolute atomic E-state index is 0. The molecule has 2 aromatic carbocycles. The van der Waals surface area contributed by atoms with E-state index in [9.17, 15) is 9.18 Å². The van der Waals surface area contributed by atoms with Crippen molar-refractivity contribution in [3.05, 3.63) is 66.0 Å². The lowest BCUT2D eigenvalue weighted by molar-refractivity contribution is -0.128. The van der Waals surface area contributed by atoms with Crippen LogP contribution < -0.4 is 5.32 Å². The van der Waals surface area contributed by atoms with Gasteiger partial charge in [-0.25, -0.2) is 4.39 Å². The lowest BCUT2D eigenvalue weighted by Gasteiger charge is -2.28. The van der Waals surface area contributed by atoms with Crippen LogP contribution in [-0.4, -0.2) is 23.3 Å². The number of rotatable bonds is 3. The summed E-state index contributed by atoms with van der Waals surface area (Å²) < 4.78 is 13.0. The molecule has 23 heavy (non-hydrogen) atoms. The standard InChI is InChI=1S/C17H16FN3O.ClH/c18-14-6-8-15(9-7-14)20-17-19-11-10-16(22)21(17)12-13-4-2-1-3-5-13;/h1-9H,10-12H2,(H,19,20);1H. The Balaban J connectivity index is 0.00000192. The lowest BCUT2D eigenvalue weighted by Crippen LogP contribution is -2.43. The third-order valence-corrected chi connectivity index (χ3v) is 3.43. The van der Waals surface area contributed by atoms with Crippen molar-refractivity contribution in [1.82, 2.24) is 4.90 Å². The summed E-state index contributed by atoms with van der Waals surface area (Å²) >= 11 is 0. The lowest BCUT2D eigenvalue weighted by atomic mass is 10.2. The molecule has 6 heteroatoms. The Kier molecular flexibility index (Phi) is 5.71. The van der Waals surface area contributed by atoms with E-state index in [4.69, 9.17) is 0 Å². The molecule has 0 aliphatic carbocycles. The highest BCUT2D eigenvalue weighted by Crippen LogP contribution is 2.15. The van der Waals surface area contributed by atoms with E-state index >= 15 is 0 Å². The molecular weight excluding hydrogens is 317 g/mol. The number of aliphatic imine (C=N–C) groups is 1. The molecule has 1 heterocycles. The quantitative estimate of drug-likeness (QED) is 0.935. The van der Waals surface area contributed by atoms with E-state index in [1.807, 2.05) is 30.3 Å². The Hall–Kier alpha value is -2.40. The molecule has 120 valence electrons. The van der Waals surface area contributed by atoms with Crippen LogP contribution in [0.1, 0.15) is 12.0 Å². The summed E-state index contributed by atoms with van der Waals surface area (Å²) in [5.41, 5.74) is 1.74. The van der Waals surface area contributed by atoms with Crippen molar-refractivity contribution in [2.75, 3.05) is 11.9 Å². The van der Waals surface area contributed by atoms with Crippen LogP contribution >= 0.6 is 12.4 Å². The largest absolute Gasteiger partial charge is 0.326 e. The predicted octanol–water partition coefficient (Wildman–Crippen LogP) is 3.45. The number of anilines is 1. The normalized spacial score (nSPS) is 14.0. The van der Waals surface area contributed by atoms with Crippen LogP contribution in [0.2, 0.25) is 0 Å². The number of halogens is 2. The second-order valence-electron chi connectivity index (χ2n) is 5.05. The molecule has 1 amide bonds. The molecule has 2 aromatic rings. The van der Waals surface area contributed by atoms with E-state index in [2.05, 4.69) is 10.3 Å². The fraction of sp³-hybridized carbons (Fsp3) is 0.176. The van der Waals surface area contributed by atoms with Gasteiger partial charge in [0.1, 0.15) is 5.82 Å². The van der Waals surface area contributed by atoms with Gasteiger partial charge in [0.2, 0.25) is 11.9 Å². The second kappa shape index (κ2) is 7.74. The summed E-state index contributed by atoms with van der Waals surface area (Å²) in [6.07, 6.45) is 0.404. The second-order valence-corrected chi connectivity index (χ2v) is 5.05. The summed E-state index contributed by atoms with van der Waals surface area (Å²) in [6.45, 7) is 0.931. The summed E-state index contributed by atoms with van der Waals surface area (Å²) in [5.74, 6) is 0.239. The van der Waals surface area contributed by atoms with Crippen LogP contribution in [0.3, 0.4) is 0 Å². The van der Waals surface area contributed by atoms with Gasteiger partial charge >= 0.3 is 0 Å². The van der Waals surface area contributed by atoms with Crippen LogP contribution in [0.15, 0.2) is 59.6 Å². The highest BCUT2D eigenvalue weighted by atomic mass is 35.5. The van der Waals surface area contributed by atoms with Crippen molar-refractivity contribution >= 4 is 30.0 Å². The number of hydrogen-bond donors (Lipinski definition) is 1. The van der Waals surface area contributed by atoms with Crippen molar-refractivity contribution in [3.8, 4) is 0 Å². The number of amides is 1. The molecule has 0 atom stereocenters. The molecular formula is C17H17ClFN3O. The van der Waals surface area contributed by atoms with Gasteiger partial charge in [0.05, 0.1) is 13.1 Å². The van der Waals surface area contributed by atoms with Gasteiger partial charge in [-0.1, -0.05) is 30.3 Å². The van der Waals surface area contributed by atoms with Gasteiger partial charge in [-0.05, 0) is 29.8 Å². The summed E-state index contributed by atoms with van der Waals surface area (Å²) in [7, 11) is 0.